The minimum Gasteiger partial charge on any atom is -0.476 e. The molecule has 0 saturated carbocycles. The fraction of sp³-hybridized carbons (Fsp3) is 0.316. The highest BCUT2D eigenvalue weighted by molar-refractivity contribution is 7.92. The zero-order valence-corrected chi connectivity index (χ0v) is 16.1. The molecule has 6 nitrogen and oxygen atoms in total. The number of aryl methyl sites for hydroxylation is 3. The fourth-order valence-corrected chi connectivity index (χ4v) is 3.93. The number of sulfonamides is 1. The van der Waals surface area contributed by atoms with Crippen LogP contribution in [0.1, 0.15) is 16.7 Å². The highest BCUT2D eigenvalue weighted by Crippen LogP contribution is 2.36. The highest BCUT2D eigenvalue weighted by Gasteiger charge is 2.35. The second kappa shape index (κ2) is 6.64. The van der Waals surface area contributed by atoms with Crippen LogP contribution >= 0.6 is 0 Å². The van der Waals surface area contributed by atoms with Crippen LogP contribution in [0.5, 0.6) is 5.75 Å². The summed E-state index contributed by atoms with van der Waals surface area (Å²) < 4.78 is 31.5. The fourth-order valence-electron chi connectivity index (χ4n) is 3.03. The van der Waals surface area contributed by atoms with Crippen LogP contribution in [0.4, 0.5) is 11.4 Å². The minimum absolute atomic E-state index is 0.0634. The van der Waals surface area contributed by atoms with Crippen molar-refractivity contribution in [2.45, 2.75) is 26.9 Å². The lowest BCUT2D eigenvalue weighted by molar-refractivity contribution is -0.122. The molecule has 1 aliphatic heterocycles. The van der Waals surface area contributed by atoms with Gasteiger partial charge in [0.1, 0.15) is 5.75 Å². The van der Waals surface area contributed by atoms with E-state index in [9.17, 15) is 13.2 Å². The third-order valence-electron chi connectivity index (χ3n) is 4.41. The van der Waals surface area contributed by atoms with Crippen LogP contribution in [-0.2, 0) is 14.8 Å². The Morgan fingerprint density at radius 2 is 1.81 bits per heavy atom. The monoisotopic (exact) mass is 374 g/mol. The molecular formula is C19H22N2O4S. The maximum absolute atomic E-state index is 12.8. The largest absolute Gasteiger partial charge is 0.476 e. The van der Waals surface area contributed by atoms with Crippen molar-refractivity contribution in [3.63, 3.8) is 0 Å². The Morgan fingerprint density at radius 1 is 1.15 bits per heavy atom. The van der Waals surface area contributed by atoms with Gasteiger partial charge in [-0.3, -0.25) is 9.10 Å². The molecule has 26 heavy (non-hydrogen) atoms. The Morgan fingerprint density at radius 3 is 2.42 bits per heavy atom. The molecule has 0 fully saturated rings. The van der Waals surface area contributed by atoms with Crippen LogP contribution in [0, 0.1) is 20.8 Å². The first-order valence-electron chi connectivity index (χ1n) is 8.29. The number of fused-ring (bicyclic) bond motifs is 1. The van der Waals surface area contributed by atoms with Gasteiger partial charge >= 0.3 is 0 Å². The van der Waals surface area contributed by atoms with E-state index in [1.165, 1.54) is 4.31 Å². The molecule has 0 spiro atoms. The molecule has 2 aromatic carbocycles. The van der Waals surface area contributed by atoms with E-state index in [0.717, 1.165) is 28.6 Å². The van der Waals surface area contributed by atoms with Gasteiger partial charge in [0.25, 0.3) is 5.91 Å². The lowest BCUT2D eigenvalue weighted by Gasteiger charge is -2.34. The number of hydrogen-bond acceptors (Lipinski definition) is 4. The molecule has 0 unspecified atom stereocenters. The molecule has 0 aromatic heterocycles. The maximum Gasteiger partial charge on any atom is 0.267 e. The number of hydrogen-bond donors (Lipinski definition) is 1. The number of carbonyl (C=O) groups is 1. The molecule has 1 atom stereocenters. The standard InChI is InChI=1S/C19H22N2O4S/c1-12-8-9-16-15(10-12)21(26(4,23)24)11-17(25-16)19(22)20-18-13(2)6-5-7-14(18)3/h5-10,17H,11H2,1-4H3,(H,20,22)/t17-/m1/s1. The number of nitrogens with one attached hydrogen (secondary N) is 1. The molecule has 3 rings (SSSR count). The van der Waals surface area contributed by atoms with E-state index in [0.29, 0.717) is 11.4 Å². The second-order valence-electron chi connectivity index (χ2n) is 6.63. The van der Waals surface area contributed by atoms with Gasteiger partial charge in [0.05, 0.1) is 18.5 Å². The number of anilines is 2. The van der Waals surface area contributed by atoms with Crippen LogP contribution in [0.25, 0.3) is 0 Å². The normalized spacial score (nSPS) is 16.6. The average molecular weight is 374 g/mol. The average Bonchev–Trinajstić information content (AvgIpc) is 2.56. The predicted octanol–water partition coefficient (Wildman–Crippen LogP) is 2.78. The summed E-state index contributed by atoms with van der Waals surface area (Å²) in [4.78, 5) is 12.8. The Balaban J connectivity index is 1.92. The van der Waals surface area contributed by atoms with E-state index in [1.54, 1.807) is 12.1 Å². The van der Waals surface area contributed by atoms with Crippen LogP contribution in [0.3, 0.4) is 0 Å². The lowest BCUT2D eigenvalue weighted by atomic mass is 10.1. The zero-order valence-electron chi connectivity index (χ0n) is 15.2. The number of para-hydroxylation sites is 1. The minimum atomic E-state index is -3.54. The van der Waals surface area contributed by atoms with Gasteiger partial charge in [-0.05, 0) is 49.6 Å². The van der Waals surface area contributed by atoms with Crippen LogP contribution in [0.2, 0.25) is 0 Å². The summed E-state index contributed by atoms with van der Waals surface area (Å²) in [6, 6.07) is 11.0. The lowest BCUT2D eigenvalue weighted by Crippen LogP contribution is -2.48. The van der Waals surface area contributed by atoms with Crippen LogP contribution in [0.15, 0.2) is 36.4 Å². The highest BCUT2D eigenvalue weighted by atomic mass is 32.2. The summed E-state index contributed by atoms with van der Waals surface area (Å²) >= 11 is 0. The van der Waals surface area contributed by atoms with E-state index >= 15 is 0 Å². The number of ether oxygens (including phenoxy) is 1. The van der Waals surface area contributed by atoms with Crippen molar-refractivity contribution in [3.8, 4) is 5.75 Å². The first-order chi connectivity index (χ1) is 12.2. The molecule has 0 saturated heterocycles. The van der Waals surface area contributed by atoms with Gasteiger partial charge < -0.3 is 10.1 Å². The van der Waals surface area contributed by atoms with Gasteiger partial charge in [-0.1, -0.05) is 24.3 Å². The van der Waals surface area contributed by atoms with Crippen molar-refractivity contribution < 1.29 is 17.9 Å². The molecule has 0 bridgehead atoms. The molecule has 1 aliphatic rings. The van der Waals surface area contributed by atoms with E-state index < -0.39 is 16.1 Å². The molecule has 2 aromatic rings. The summed E-state index contributed by atoms with van der Waals surface area (Å²) in [5.74, 6) is 0.0104. The van der Waals surface area contributed by atoms with Crippen molar-refractivity contribution >= 4 is 27.3 Å². The molecule has 1 N–H and O–H groups in total. The number of amides is 1. The molecule has 138 valence electrons. The van der Waals surface area contributed by atoms with Crippen molar-refractivity contribution in [2.24, 2.45) is 0 Å². The molecule has 0 aliphatic carbocycles. The summed E-state index contributed by atoms with van der Waals surface area (Å²) in [5.41, 5.74) is 3.97. The summed E-state index contributed by atoms with van der Waals surface area (Å²) in [5, 5.41) is 2.88. The molecular weight excluding hydrogens is 352 g/mol. The Bertz CT molecular complexity index is 949. The van der Waals surface area contributed by atoms with E-state index in [2.05, 4.69) is 5.32 Å². The maximum atomic E-state index is 12.8. The third kappa shape index (κ3) is 3.53. The first-order valence-corrected chi connectivity index (χ1v) is 10.1. The number of benzene rings is 2. The van der Waals surface area contributed by atoms with Crippen LogP contribution in [-0.4, -0.2) is 33.2 Å². The first kappa shape index (κ1) is 18.3. The van der Waals surface area contributed by atoms with E-state index in [1.807, 2.05) is 45.0 Å². The number of rotatable bonds is 3. The second-order valence-corrected chi connectivity index (χ2v) is 8.53. The van der Waals surface area contributed by atoms with Gasteiger partial charge in [-0.25, -0.2) is 8.42 Å². The van der Waals surface area contributed by atoms with Gasteiger partial charge in [0, 0.05) is 5.69 Å². The van der Waals surface area contributed by atoms with Gasteiger partial charge in [-0.2, -0.15) is 0 Å². The zero-order chi connectivity index (χ0) is 19.1. The van der Waals surface area contributed by atoms with Gasteiger partial charge in [0.15, 0.2) is 6.10 Å². The SMILES string of the molecule is Cc1ccc2c(c1)N(S(C)(=O)=O)C[C@H](C(=O)Nc1c(C)cccc1C)O2. The Kier molecular flexibility index (Phi) is 4.66. The molecule has 0 radical (unpaired) electrons. The Hall–Kier alpha value is -2.54. The van der Waals surface area contributed by atoms with Gasteiger partial charge in [0.2, 0.25) is 10.0 Å². The topological polar surface area (TPSA) is 75.7 Å². The van der Waals surface area contributed by atoms with Crippen molar-refractivity contribution in [3.05, 3.63) is 53.1 Å². The van der Waals surface area contributed by atoms with Crippen LogP contribution < -0.4 is 14.4 Å². The Labute approximate surface area is 153 Å². The number of carbonyl (C=O) groups excluding carboxylic acids is 1. The third-order valence-corrected chi connectivity index (χ3v) is 5.55. The molecule has 7 heteroatoms. The summed E-state index contributed by atoms with van der Waals surface area (Å²) in [7, 11) is -3.54. The van der Waals surface area contributed by atoms with Crippen molar-refractivity contribution in [1.29, 1.82) is 0 Å². The van der Waals surface area contributed by atoms with Gasteiger partial charge in [-0.15, -0.1) is 0 Å². The number of nitrogens with zero attached hydrogens (tertiary/aromatic N) is 1. The quantitative estimate of drug-likeness (QED) is 0.896. The van der Waals surface area contributed by atoms with Crippen molar-refractivity contribution in [2.75, 3.05) is 22.4 Å². The van der Waals surface area contributed by atoms with Crippen molar-refractivity contribution in [1.82, 2.24) is 0 Å². The van der Waals surface area contributed by atoms with E-state index in [4.69, 9.17) is 4.74 Å². The smallest absolute Gasteiger partial charge is 0.267 e. The summed E-state index contributed by atoms with van der Waals surface area (Å²) in [6.07, 6.45) is 0.198. The molecule has 1 heterocycles. The predicted molar refractivity (Wildman–Crippen MR) is 102 cm³/mol. The van der Waals surface area contributed by atoms with E-state index in [-0.39, 0.29) is 12.5 Å². The molecule has 1 amide bonds. The summed E-state index contributed by atoms with van der Waals surface area (Å²) in [6.45, 7) is 5.63.